The number of aliphatic hydroxyl groups excluding tert-OH is 1. The van der Waals surface area contributed by atoms with E-state index in [9.17, 15) is 14.7 Å². The van der Waals surface area contributed by atoms with Gasteiger partial charge in [-0.25, -0.2) is 0 Å². The molecule has 0 spiro atoms. The van der Waals surface area contributed by atoms with Crippen molar-refractivity contribution in [1.82, 2.24) is 4.90 Å². The minimum atomic E-state index is -0.430. The second-order valence-corrected chi connectivity index (χ2v) is 19.0. The van der Waals surface area contributed by atoms with Crippen molar-refractivity contribution in [1.29, 1.82) is 0 Å². The number of nitrogens with zero attached hydrogens (tertiary/aromatic N) is 1. The molecule has 0 radical (unpaired) electrons. The maximum Gasteiger partial charge on any atom is 0.311 e. The predicted octanol–water partition coefficient (Wildman–Crippen LogP) is 14.7. The fourth-order valence-corrected chi connectivity index (χ4v) is 7.78. The van der Waals surface area contributed by atoms with Crippen molar-refractivity contribution in [2.24, 2.45) is 10.8 Å². The number of ether oxygens (including phenoxy) is 2. The van der Waals surface area contributed by atoms with Crippen molar-refractivity contribution >= 4 is 11.9 Å². The number of carbonyl (C=O) groups is 2. The van der Waals surface area contributed by atoms with Crippen molar-refractivity contribution in [3.8, 4) is 0 Å². The minimum absolute atomic E-state index is 0.0118. The largest absolute Gasteiger partial charge is 0.465 e. The third-order valence-electron chi connectivity index (χ3n) is 11.9. The number of carbonyl (C=O) groups excluding carboxylic acids is 2. The molecule has 0 rings (SSSR count). The van der Waals surface area contributed by atoms with Crippen molar-refractivity contribution in [3.63, 3.8) is 0 Å². The fourth-order valence-electron chi connectivity index (χ4n) is 7.78. The van der Waals surface area contributed by atoms with Crippen LogP contribution in [-0.2, 0) is 19.1 Å². The summed E-state index contributed by atoms with van der Waals surface area (Å²) in [6.45, 7) is 19.5. The molecule has 0 aromatic heterocycles. The molecule has 0 aliphatic heterocycles. The van der Waals surface area contributed by atoms with Gasteiger partial charge in [0.05, 0.1) is 12.0 Å². The van der Waals surface area contributed by atoms with E-state index in [1.807, 2.05) is 0 Å². The third kappa shape index (κ3) is 34.9. The Kier molecular flexibility index (Phi) is 37.3. The Hall–Kier alpha value is -1.14. The van der Waals surface area contributed by atoms with Gasteiger partial charge < -0.3 is 19.5 Å². The quantitative estimate of drug-likeness (QED) is 0.0489. The highest BCUT2D eigenvalue weighted by atomic mass is 16.5. The van der Waals surface area contributed by atoms with Gasteiger partial charge in [-0.15, -0.1) is 0 Å². The van der Waals surface area contributed by atoms with Crippen LogP contribution in [0.5, 0.6) is 0 Å². The molecule has 0 fully saturated rings. The van der Waals surface area contributed by atoms with Crippen LogP contribution in [0.3, 0.4) is 0 Å². The molecule has 0 atom stereocenters. The molecule has 1 N–H and O–H groups in total. The van der Waals surface area contributed by atoms with Crippen LogP contribution in [0.2, 0.25) is 0 Å². The molecule has 0 heterocycles. The number of hydrogen-bond acceptors (Lipinski definition) is 6. The topological polar surface area (TPSA) is 76.1 Å². The zero-order valence-electron chi connectivity index (χ0n) is 39.0. The summed E-state index contributed by atoms with van der Waals surface area (Å²) in [6.07, 6.45) is 38.5. The average molecular weight is 794 g/mol. The first kappa shape index (κ1) is 54.9. The highest BCUT2D eigenvalue weighted by Crippen LogP contribution is 2.29. The highest BCUT2D eigenvalue weighted by molar-refractivity contribution is 5.76. The second kappa shape index (κ2) is 38.1. The van der Waals surface area contributed by atoms with Crippen molar-refractivity contribution < 1.29 is 24.2 Å². The molecule has 0 aromatic rings. The second-order valence-electron chi connectivity index (χ2n) is 19.0. The van der Waals surface area contributed by atoms with E-state index in [1.165, 1.54) is 135 Å². The Balaban J connectivity index is 4.49. The van der Waals surface area contributed by atoms with E-state index < -0.39 is 5.41 Å². The maximum absolute atomic E-state index is 13.4. The van der Waals surface area contributed by atoms with Gasteiger partial charge in [-0.1, -0.05) is 169 Å². The van der Waals surface area contributed by atoms with E-state index in [0.29, 0.717) is 13.0 Å². The highest BCUT2D eigenvalue weighted by Gasteiger charge is 2.31. The number of rotatable bonds is 43. The molecule has 6 heteroatoms. The monoisotopic (exact) mass is 794 g/mol. The van der Waals surface area contributed by atoms with Gasteiger partial charge >= 0.3 is 11.9 Å². The van der Waals surface area contributed by atoms with Crippen LogP contribution in [-0.4, -0.2) is 60.9 Å². The Morgan fingerprint density at radius 3 is 1.45 bits per heavy atom. The molecular formula is C50H99NO5. The van der Waals surface area contributed by atoms with Gasteiger partial charge in [0.15, 0.2) is 0 Å². The van der Waals surface area contributed by atoms with Crippen LogP contribution in [0.4, 0.5) is 0 Å². The Morgan fingerprint density at radius 1 is 0.518 bits per heavy atom. The summed E-state index contributed by atoms with van der Waals surface area (Å²) in [5.74, 6) is -0.0181. The standard InChI is InChI=1S/C50H99NO5/c1-8-11-14-17-20-23-29-38-47(53)55-45-49(4,5)39-30-26-33-42-51(43-34-35-44-52)41-32-25-24-31-40-50(6,7)48(54)56-46(36-27-21-18-15-12-9-2)37-28-22-19-16-13-10-3/h46,52H,8-45H2,1-7H3. The van der Waals surface area contributed by atoms with Gasteiger partial charge in [-0.05, 0) is 110 Å². The molecule has 0 saturated carbocycles. The van der Waals surface area contributed by atoms with E-state index in [4.69, 9.17) is 9.47 Å². The lowest BCUT2D eigenvalue weighted by Crippen LogP contribution is -2.31. The molecule has 0 amide bonds. The summed E-state index contributed by atoms with van der Waals surface area (Å²) in [5.41, 5.74) is -0.412. The maximum atomic E-state index is 13.4. The van der Waals surface area contributed by atoms with Gasteiger partial charge in [-0.2, -0.15) is 0 Å². The minimum Gasteiger partial charge on any atom is -0.465 e. The molecule has 0 bridgehead atoms. The molecule has 0 aliphatic carbocycles. The molecule has 334 valence electrons. The Labute approximate surface area is 350 Å². The summed E-state index contributed by atoms with van der Waals surface area (Å²) in [4.78, 5) is 28.3. The molecular weight excluding hydrogens is 695 g/mol. The SMILES string of the molecule is CCCCCCCCCC(=O)OCC(C)(C)CCCCCN(CCCCO)CCCCCCC(C)(C)C(=O)OC(CCCCCCCC)CCCCCCCC. The molecule has 6 nitrogen and oxygen atoms in total. The van der Waals surface area contributed by atoms with Crippen LogP contribution >= 0.6 is 0 Å². The van der Waals surface area contributed by atoms with Gasteiger partial charge in [0, 0.05) is 13.0 Å². The lowest BCUT2D eigenvalue weighted by Gasteiger charge is -2.27. The summed E-state index contributed by atoms with van der Waals surface area (Å²) >= 11 is 0. The van der Waals surface area contributed by atoms with Crippen molar-refractivity contribution in [2.45, 2.75) is 266 Å². The first-order valence-electron chi connectivity index (χ1n) is 24.7. The summed E-state index contributed by atoms with van der Waals surface area (Å²) < 4.78 is 11.9. The van der Waals surface area contributed by atoms with E-state index in [1.54, 1.807) is 0 Å². The van der Waals surface area contributed by atoms with Gasteiger partial charge in [-0.3, -0.25) is 9.59 Å². The van der Waals surface area contributed by atoms with E-state index in [2.05, 4.69) is 53.4 Å². The number of unbranched alkanes of at least 4 members (excludes halogenated alkanes) is 22. The lowest BCUT2D eigenvalue weighted by atomic mass is 9.86. The summed E-state index contributed by atoms with van der Waals surface area (Å²) in [7, 11) is 0. The van der Waals surface area contributed by atoms with Crippen LogP contribution in [0.1, 0.15) is 260 Å². The predicted molar refractivity (Wildman–Crippen MR) is 241 cm³/mol. The van der Waals surface area contributed by atoms with Gasteiger partial charge in [0.1, 0.15) is 6.10 Å². The van der Waals surface area contributed by atoms with E-state index in [-0.39, 0.29) is 30.1 Å². The molecule has 0 aliphatic rings. The smallest absolute Gasteiger partial charge is 0.311 e. The van der Waals surface area contributed by atoms with Crippen LogP contribution in [0, 0.1) is 10.8 Å². The molecule has 0 aromatic carbocycles. The molecule has 0 saturated heterocycles. The third-order valence-corrected chi connectivity index (χ3v) is 11.9. The molecule has 56 heavy (non-hydrogen) atoms. The van der Waals surface area contributed by atoms with Gasteiger partial charge in [0.2, 0.25) is 0 Å². The zero-order valence-corrected chi connectivity index (χ0v) is 39.0. The van der Waals surface area contributed by atoms with E-state index in [0.717, 1.165) is 90.3 Å². The fraction of sp³-hybridized carbons (Fsp3) is 0.960. The van der Waals surface area contributed by atoms with Gasteiger partial charge in [0.25, 0.3) is 0 Å². The molecule has 0 unspecified atom stereocenters. The van der Waals surface area contributed by atoms with E-state index >= 15 is 0 Å². The van der Waals surface area contributed by atoms with Crippen LogP contribution < -0.4 is 0 Å². The summed E-state index contributed by atoms with van der Waals surface area (Å²) in [6, 6.07) is 0. The van der Waals surface area contributed by atoms with Crippen LogP contribution in [0.25, 0.3) is 0 Å². The number of hydrogen-bond donors (Lipinski definition) is 1. The normalized spacial score (nSPS) is 12.2. The Bertz CT molecular complexity index is 858. The zero-order chi connectivity index (χ0) is 41.6. The van der Waals surface area contributed by atoms with Crippen molar-refractivity contribution in [2.75, 3.05) is 32.8 Å². The average Bonchev–Trinajstić information content (AvgIpc) is 3.17. The lowest BCUT2D eigenvalue weighted by molar-refractivity contribution is -0.161. The number of aliphatic hydroxyl groups is 1. The van der Waals surface area contributed by atoms with Crippen LogP contribution in [0.15, 0.2) is 0 Å². The first-order chi connectivity index (χ1) is 27.0. The first-order valence-corrected chi connectivity index (χ1v) is 24.7. The Morgan fingerprint density at radius 2 is 0.929 bits per heavy atom. The van der Waals surface area contributed by atoms with Crippen molar-refractivity contribution in [3.05, 3.63) is 0 Å². The summed E-state index contributed by atoms with van der Waals surface area (Å²) in [5, 5.41) is 9.36. The number of esters is 2.